The van der Waals surface area contributed by atoms with E-state index in [0.29, 0.717) is 12.1 Å². The van der Waals surface area contributed by atoms with Crippen molar-refractivity contribution in [2.24, 2.45) is 0 Å². The molecule has 3 amide bonds. The van der Waals surface area contributed by atoms with Crippen molar-refractivity contribution in [2.45, 2.75) is 38.6 Å². The van der Waals surface area contributed by atoms with E-state index < -0.39 is 5.54 Å². The Morgan fingerprint density at radius 2 is 1.92 bits per heavy atom. The van der Waals surface area contributed by atoms with Gasteiger partial charge in [-0.05, 0) is 43.5 Å². The topological polar surface area (TPSA) is 61.4 Å². The highest BCUT2D eigenvalue weighted by Gasteiger charge is 2.26. The number of carbonyl (C=O) groups excluding carboxylic acids is 2. The Hall–Kier alpha value is -2.82. The predicted octanol–water partition coefficient (Wildman–Crippen LogP) is 4.26. The number of carbonyl (C=O) groups is 2. The molecule has 2 aromatic rings. The Labute approximate surface area is 154 Å². The zero-order valence-electron chi connectivity index (χ0n) is 15.3. The fourth-order valence-corrected chi connectivity index (χ4v) is 3.26. The molecule has 1 fully saturated rings. The number of anilines is 2. The molecule has 0 aromatic heterocycles. The molecule has 3 rings (SSSR count). The molecule has 136 valence electrons. The summed E-state index contributed by atoms with van der Waals surface area (Å²) in [6.45, 7) is 4.80. The third-order valence-corrected chi connectivity index (χ3v) is 5.00. The zero-order chi connectivity index (χ0) is 18.6. The summed E-state index contributed by atoms with van der Waals surface area (Å²) < 4.78 is 0. The van der Waals surface area contributed by atoms with E-state index in [1.807, 2.05) is 68.4 Å². The second kappa shape index (κ2) is 7.60. The molecule has 5 nitrogen and oxygen atoms in total. The van der Waals surface area contributed by atoms with Gasteiger partial charge in [-0.25, -0.2) is 4.79 Å². The smallest absolute Gasteiger partial charge is 0.319 e. The molecule has 0 radical (unpaired) electrons. The Morgan fingerprint density at radius 3 is 2.58 bits per heavy atom. The van der Waals surface area contributed by atoms with Crippen LogP contribution in [0.4, 0.5) is 16.2 Å². The summed E-state index contributed by atoms with van der Waals surface area (Å²) in [5, 5.41) is 5.97. The highest BCUT2D eigenvalue weighted by Crippen LogP contribution is 2.26. The first-order valence-electron chi connectivity index (χ1n) is 9.07. The molecule has 0 saturated carbocycles. The number of urea groups is 1. The highest BCUT2D eigenvalue weighted by atomic mass is 16.2. The van der Waals surface area contributed by atoms with E-state index in [4.69, 9.17) is 0 Å². The van der Waals surface area contributed by atoms with E-state index in [-0.39, 0.29) is 11.9 Å². The van der Waals surface area contributed by atoms with Gasteiger partial charge in [0.25, 0.3) is 0 Å². The van der Waals surface area contributed by atoms with Gasteiger partial charge in [0.1, 0.15) is 0 Å². The average Bonchev–Trinajstić information content (AvgIpc) is 3.08. The van der Waals surface area contributed by atoms with Crippen LogP contribution in [0, 0.1) is 0 Å². The van der Waals surface area contributed by atoms with Gasteiger partial charge < -0.3 is 15.5 Å². The molecule has 26 heavy (non-hydrogen) atoms. The molecule has 1 heterocycles. The summed E-state index contributed by atoms with van der Waals surface area (Å²) in [5.41, 5.74) is 2.11. The fraction of sp³-hybridized carbons (Fsp3) is 0.333. The lowest BCUT2D eigenvalue weighted by atomic mass is 9.89. The zero-order valence-corrected chi connectivity index (χ0v) is 15.3. The standard InChI is InChI=1S/C21H25N3O2/c1-3-21(2,16-9-5-4-6-10-16)23-20(26)22-17-11-7-12-18(15-17)24-14-8-13-19(24)25/h4-7,9-12,15H,3,8,13-14H2,1-2H3,(H2,22,23,26). The van der Waals surface area contributed by atoms with E-state index in [1.165, 1.54) is 0 Å². The highest BCUT2D eigenvalue weighted by molar-refractivity contribution is 5.96. The first kappa shape index (κ1) is 18.0. The summed E-state index contributed by atoms with van der Waals surface area (Å²) in [4.78, 5) is 26.2. The van der Waals surface area contributed by atoms with Gasteiger partial charge in [0, 0.05) is 24.3 Å². The summed E-state index contributed by atoms with van der Waals surface area (Å²) in [5.74, 6) is 0.134. The van der Waals surface area contributed by atoms with Crippen LogP contribution >= 0.6 is 0 Å². The maximum Gasteiger partial charge on any atom is 0.319 e. The lowest BCUT2D eigenvalue weighted by Crippen LogP contribution is -2.45. The molecule has 0 spiro atoms. The van der Waals surface area contributed by atoms with Gasteiger partial charge in [0.15, 0.2) is 0 Å². The second-order valence-electron chi connectivity index (χ2n) is 6.83. The molecular weight excluding hydrogens is 326 g/mol. The largest absolute Gasteiger partial charge is 0.329 e. The van der Waals surface area contributed by atoms with Crippen LogP contribution in [0.3, 0.4) is 0 Å². The lowest BCUT2D eigenvalue weighted by Gasteiger charge is -2.30. The number of amides is 3. The quantitative estimate of drug-likeness (QED) is 0.845. The van der Waals surface area contributed by atoms with Crippen molar-refractivity contribution in [1.82, 2.24) is 5.32 Å². The normalized spacial score (nSPS) is 16.2. The van der Waals surface area contributed by atoms with Crippen molar-refractivity contribution < 1.29 is 9.59 Å². The number of benzene rings is 2. The fourth-order valence-electron chi connectivity index (χ4n) is 3.26. The minimum atomic E-state index is -0.451. The third-order valence-electron chi connectivity index (χ3n) is 5.00. The predicted molar refractivity (Wildman–Crippen MR) is 104 cm³/mol. The summed E-state index contributed by atoms with van der Waals surface area (Å²) in [6, 6.07) is 17.1. The van der Waals surface area contributed by atoms with Crippen molar-refractivity contribution >= 4 is 23.3 Å². The van der Waals surface area contributed by atoms with Crippen LogP contribution in [-0.4, -0.2) is 18.5 Å². The summed E-state index contributed by atoms with van der Waals surface area (Å²) in [7, 11) is 0. The molecule has 0 aliphatic carbocycles. The van der Waals surface area contributed by atoms with Gasteiger partial charge in [-0.15, -0.1) is 0 Å². The van der Waals surface area contributed by atoms with Gasteiger partial charge in [-0.2, -0.15) is 0 Å². The van der Waals surface area contributed by atoms with E-state index >= 15 is 0 Å². The van der Waals surface area contributed by atoms with Gasteiger partial charge in [-0.3, -0.25) is 4.79 Å². The third kappa shape index (κ3) is 3.87. The van der Waals surface area contributed by atoms with E-state index in [1.54, 1.807) is 4.90 Å². The van der Waals surface area contributed by atoms with E-state index in [9.17, 15) is 9.59 Å². The molecule has 1 aliphatic rings. The Kier molecular flexibility index (Phi) is 5.26. The van der Waals surface area contributed by atoms with Gasteiger partial charge >= 0.3 is 6.03 Å². The molecule has 1 aliphatic heterocycles. The number of hydrogen-bond donors (Lipinski definition) is 2. The average molecular weight is 351 g/mol. The molecule has 1 unspecified atom stereocenters. The van der Waals surface area contributed by atoms with Crippen LogP contribution in [-0.2, 0) is 10.3 Å². The van der Waals surface area contributed by atoms with Gasteiger partial charge in [-0.1, -0.05) is 43.3 Å². The number of nitrogens with zero attached hydrogens (tertiary/aromatic N) is 1. The maximum absolute atomic E-state index is 12.6. The van der Waals surface area contributed by atoms with Crippen LogP contribution in [0.15, 0.2) is 54.6 Å². The first-order valence-corrected chi connectivity index (χ1v) is 9.07. The van der Waals surface area contributed by atoms with Crippen LogP contribution in [0.25, 0.3) is 0 Å². The second-order valence-corrected chi connectivity index (χ2v) is 6.83. The maximum atomic E-state index is 12.6. The molecule has 1 atom stereocenters. The van der Waals surface area contributed by atoms with Gasteiger partial charge in [0.05, 0.1) is 5.54 Å². The molecule has 0 bridgehead atoms. The molecule has 1 saturated heterocycles. The van der Waals surface area contributed by atoms with E-state index in [2.05, 4.69) is 10.6 Å². The summed E-state index contributed by atoms with van der Waals surface area (Å²) >= 11 is 0. The Bertz CT molecular complexity index is 791. The Balaban J connectivity index is 1.71. The van der Waals surface area contributed by atoms with Crippen LogP contribution < -0.4 is 15.5 Å². The van der Waals surface area contributed by atoms with E-state index in [0.717, 1.165) is 30.6 Å². The van der Waals surface area contributed by atoms with Crippen molar-refractivity contribution in [2.75, 3.05) is 16.8 Å². The van der Waals surface area contributed by atoms with Gasteiger partial charge in [0.2, 0.25) is 5.91 Å². The van der Waals surface area contributed by atoms with Crippen molar-refractivity contribution in [3.05, 3.63) is 60.2 Å². The lowest BCUT2D eigenvalue weighted by molar-refractivity contribution is -0.117. The van der Waals surface area contributed by atoms with Crippen molar-refractivity contribution in [3.8, 4) is 0 Å². The van der Waals surface area contributed by atoms with Crippen LogP contribution in [0.2, 0.25) is 0 Å². The molecule has 2 aromatic carbocycles. The van der Waals surface area contributed by atoms with Crippen LogP contribution in [0.1, 0.15) is 38.7 Å². The Morgan fingerprint density at radius 1 is 1.15 bits per heavy atom. The van der Waals surface area contributed by atoms with Crippen LogP contribution in [0.5, 0.6) is 0 Å². The first-order chi connectivity index (χ1) is 12.5. The molecular formula is C21H25N3O2. The number of nitrogens with one attached hydrogen (secondary N) is 2. The SMILES string of the molecule is CCC(C)(NC(=O)Nc1cccc(N2CCCC2=O)c1)c1ccccc1. The monoisotopic (exact) mass is 351 g/mol. The minimum absolute atomic E-state index is 0.134. The minimum Gasteiger partial charge on any atom is -0.329 e. The molecule has 5 heteroatoms. The number of hydrogen-bond acceptors (Lipinski definition) is 2. The number of rotatable bonds is 5. The summed E-state index contributed by atoms with van der Waals surface area (Å²) in [6.07, 6.45) is 2.24. The van der Waals surface area contributed by atoms with Crippen molar-refractivity contribution in [3.63, 3.8) is 0 Å². The molecule has 2 N–H and O–H groups in total. The van der Waals surface area contributed by atoms with Crippen molar-refractivity contribution in [1.29, 1.82) is 0 Å².